The van der Waals surface area contributed by atoms with Crippen LogP contribution >= 0.6 is 0 Å². The molecule has 0 saturated carbocycles. The molecule has 0 aliphatic carbocycles. The summed E-state index contributed by atoms with van der Waals surface area (Å²) in [5.74, 6) is -0.0359. The van der Waals surface area contributed by atoms with E-state index >= 15 is 0 Å². The Morgan fingerprint density at radius 2 is 1.66 bits per heavy atom. The first-order valence-electron chi connectivity index (χ1n) is 11.2. The number of esters is 1. The topological polar surface area (TPSA) is 96.4 Å². The molecule has 0 radical (unpaired) electrons. The lowest BCUT2D eigenvalue weighted by Crippen LogP contribution is -2.53. The second kappa shape index (κ2) is 10.7. The summed E-state index contributed by atoms with van der Waals surface area (Å²) in [6.07, 6.45) is -1.03. The third kappa shape index (κ3) is 5.78. The summed E-state index contributed by atoms with van der Waals surface area (Å²) >= 11 is 0. The van der Waals surface area contributed by atoms with E-state index in [1.807, 2.05) is 42.5 Å². The lowest BCUT2D eigenvalue weighted by molar-refractivity contribution is -0.149. The zero-order chi connectivity index (χ0) is 24.8. The molecule has 35 heavy (non-hydrogen) atoms. The van der Waals surface area contributed by atoms with Crippen molar-refractivity contribution in [3.05, 3.63) is 95.6 Å². The predicted octanol–water partition coefficient (Wildman–Crippen LogP) is 4.20. The molecular formula is C27H26N2O6. The van der Waals surface area contributed by atoms with Crippen molar-refractivity contribution in [1.29, 1.82) is 0 Å². The fourth-order valence-corrected chi connectivity index (χ4v) is 3.85. The van der Waals surface area contributed by atoms with Crippen molar-refractivity contribution in [3.8, 4) is 5.75 Å². The Morgan fingerprint density at radius 3 is 2.31 bits per heavy atom. The summed E-state index contributed by atoms with van der Waals surface area (Å²) in [6.45, 7) is 1.24. The molecular weight excluding hydrogens is 448 g/mol. The molecule has 4 rings (SSSR count). The van der Waals surface area contributed by atoms with Gasteiger partial charge in [0.25, 0.3) is 5.91 Å². The van der Waals surface area contributed by atoms with Gasteiger partial charge in [0.05, 0.1) is 19.6 Å². The Kier molecular flexibility index (Phi) is 7.30. The lowest BCUT2D eigenvalue weighted by Gasteiger charge is -2.37. The molecule has 3 aromatic rings. The molecule has 0 aromatic heterocycles. The number of ether oxygens (including phenoxy) is 2. The highest BCUT2D eigenvalue weighted by molar-refractivity contribution is 5.95. The van der Waals surface area contributed by atoms with E-state index in [2.05, 4.69) is 0 Å². The van der Waals surface area contributed by atoms with E-state index in [1.165, 1.54) is 12.0 Å². The highest BCUT2D eigenvalue weighted by atomic mass is 16.5. The lowest BCUT2D eigenvalue weighted by atomic mass is 9.99. The van der Waals surface area contributed by atoms with E-state index in [4.69, 9.17) is 9.47 Å². The molecule has 1 aliphatic rings. The van der Waals surface area contributed by atoms with Gasteiger partial charge < -0.3 is 19.5 Å². The van der Waals surface area contributed by atoms with Crippen LogP contribution in [-0.2, 0) is 22.7 Å². The first-order chi connectivity index (χ1) is 16.9. The van der Waals surface area contributed by atoms with Crippen LogP contribution in [0.3, 0.4) is 0 Å². The Balaban J connectivity index is 1.33. The second-order valence-electron chi connectivity index (χ2n) is 8.27. The zero-order valence-corrected chi connectivity index (χ0v) is 19.3. The van der Waals surface area contributed by atoms with Crippen molar-refractivity contribution in [2.24, 2.45) is 5.92 Å². The number of carbonyl (C=O) groups excluding carboxylic acids is 2. The largest absolute Gasteiger partial charge is 0.489 e. The standard InChI is InChI=1S/C27H26N2O6/c1-34-26(31)22-16-28(17-22)25(30)21-12-10-19(11-13-21)18-35-24-9-5-6-20(14-24)15-29(27(32)33)23-7-3-2-4-8-23/h2-14,22H,15-18H2,1H3,(H,32,33). The molecule has 0 atom stereocenters. The average molecular weight is 475 g/mol. The van der Waals surface area contributed by atoms with Crippen molar-refractivity contribution in [2.45, 2.75) is 13.2 Å². The van der Waals surface area contributed by atoms with Crippen LogP contribution < -0.4 is 9.64 Å². The van der Waals surface area contributed by atoms with Gasteiger partial charge in [-0.15, -0.1) is 0 Å². The number of methoxy groups -OCH3 is 1. The maximum atomic E-state index is 12.5. The van der Waals surface area contributed by atoms with Gasteiger partial charge in [-0.05, 0) is 47.5 Å². The summed E-state index contributed by atoms with van der Waals surface area (Å²) in [4.78, 5) is 38.7. The first kappa shape index (κ1) is 23.8. The second-order valence-corrected chi connectivity index (χ2v) is 8.27. The van der Waals surface area contributed by atoms with E-state index in [1.54, 1.807) is 41.3 Å². The molecule has 0 unspecified atom stereocenters. The zero-order valence-electron chi connectivity index (χ0n) is 19.3. The summed E-state index contributed by atoms with van der Waals surface area (Å²) in [6, 6.07) is 23.4. The van der Waals surface area contributed by atoms with Gasteiger partial charge in [-0.25, -0.2) is 4.79 Å². The van der Waals surface area contributed by atoms with Gasteiger partial charge in [-0.2, -0.15) is 0 Å². The van der Waals surface area contributed by atoms with Gasteiger partial charge >= 0.3 is 12.1 Å². The van der Waals surface area contributed by atoms with Crippen LogP contribution in [0.1, 0.15) is 21.5 Å². The number of anilines is 1. The Morgan fingerprint density at radius 1 is 0.943 bits per heavy atom. The van der Waals surface area contributed by atoms with Crippen LogP contribution in [0.15, 0.2) is 78.9 Å². The number of rotatable bonds is 8. The van der Waals surface area contributed by atoms with E-state index in [9.17, 15) is 19.5 Å². The normalized spacial score (nSPS) is 13.0. The van der Waals surface area contributed by atoms with Crippen LogP contribution in [-0.4, -0.2) is 48.2 Å². The summed E-state index contributed by atoms with van der Waals surface area (Å²) in [7, 11) is 1.35. The average Bonchev–Trinajstić information content (AvgIpc) is 2.86. The monoisotopic (exact) mass is 474 g/mol. The maximum absolute atomic E-state index is 12.5. The molecule has 8 nitrogen and oxygen atoms in total. The quantitative estimate of drug-likeness (QED) is 0.492. The highest BCUT2D eigenvalue weighted by Gasteiger charge is 2.36. The number of likely N-dealkylation sites (tertiary alicyclic amines) is 1. The summed E-state index contributed by atoms with van der Waals surface area (Å²) < 4.78 is 10.6. The molecule has 180 valence electrons. The van der Waals surface area contributed by atoms with Crippen LogP contribution in [0.5, 0.6) is 5.75 Å². The van der Waals surface area contributed by atoms with Gasteiger partial charge in [-0.3, -0.25) is 14.5 Å². The predicted molar refractivity (Wildman–Crippen MR) is 129 cm³/mol. The van der Waals surface area contributed by atoms with Gasteiger partial charge in [0.2, 0.25) is 0 Å². The van der Waals surface area contributed by atoms with Crippen LogP contribution in [0, 0.1) is 5.92 Å². The number of carboxylic acid groups (broad SMARTS) is 1. The molecule has 3 aromatic carbocycles. The Hall–Kier alpha value is -4.33. The Bertz CT molecular complexity index is 1190. The van der Waals surface area contributed by atoms with Crippen molar-refractivity contribution < 1.29 is 29.0 Å². The number of para-hydroxylation sites is 1. The number of nitrogens with zero attached hydrogens (tertiary/aromatic N) is 2. The fraction of sp³-hybridized carbons (Fsp3) is 0.222. The number of hydrogen-bond donors (Lipinski definition) is 1. The van der Waals surface area contributed by atoms with E-state index in [0.717, 1.165) is 11.1 Å². The molecule has 1 heterocycles. The van der Waals surface area contributed by atoms with Gasteiger partial charge in [0.15, 0.2) is 0 Å². The van der Waals surface area contributed by atoms with Crippen molar-refractivity contribution in [3.63, 3.8) is 0 Å². The summed E-state index contributed by atoms with van der Waals surface area (Å²) in [5, 5.41) is 9.62. The third-order valence-corrected chi connectivity index (χ3v) is 5.85. The van der Waals surface area contributed by atoms with Crippen LogP contribution in [0.25, 0.3) is 0 Å². The number of amides is 2. The minimum atomic E-state index is -1.03. The maximum Gasteiger partial charge on any atom is 0.412 e. The SMILES string of the molecule is COC(=O)C1CN(C(=O)c2ccc(COc3cccc(CN(C(=O)O)c4ccccc4)c3)cc2)C1. The van der Waals surface area contributed by atoms with Gasteiger partial charge in [0, 0.05) is 24.3 Å². The molecule has 0 spiro atoms. The summed E-state index contributed by atoms with van der Waals surface area (Å²) in [5.41, 5.74) is 2.84. The van der Waals surface area contributed by atoms with E-state index in [0.29, 0.717) is 36.7 Å². The Labute approximate surface area is 203 Å². The van der Waals surface area contributed by atoms with E-state index in [-0.39, 0.29) is 24.3 Å². The minimum Gasteiger partial charge on any atom is -0.489 e. The van der Waals surface area contributed by atoms with Crippen LogP contribution in [0.2, 0.25) is 0 Å². The third-order valence-electron chi connectivity index (χ3n) is 5.85. The van der Waals surface area contributed by atoms with Gasteiger partial charge in [0.1, 0.15) is 12.4 Å². The molecule has 2 amide bonds. The fourth-order valence-electron chi connectivity index (χ4n) is 3.85. The molecule has 1 aliphatic heterocycles. The molecule has 1 N–H and O–H groups in total. The number of hydrogen-bond acceptors (Lipinski definition) is 5. The number of benzene rings is 3. The van der Waals surface area contributed by atoms with Crippen LogP contribution in [0.4, 0.5) is 10.5 Å². The molecule has 8 heteroatoms. The highest BCUT2D eigenvalue weighted by Crippen LogP contribution is 2.22. The number of carbonyl (C=O) groups is 3. The van der Waals surface area contributed by atoms with Crippen molar-refractivity contribution >= 4 is 23.7 Å². The smallest absolute Gasteiger partial charge is 0.412 e. The minimum absolute atomic E-state index is 0.119. The van der Waals surface area contributed by atoms with E-state index < -0.39 is 6.09 Å². The molecule has 0 bridgehead atoms. The first-order valence-corrected chi connectivity index (χ1v) is 11.2. The van der Waals surface area contributed by atoms with Crippen molar-refractivity contribution in [1.82, 2.24) is 4.90 Å². The molecule has 1 saturated heterocycles. The van der Waals surface area contributed by atoms with Gasteiger partial charge in [-0.1, -0.05) is 42.5 Å². The van der Waals surface area contributed by atoms with Crippen molar-refractivity contribution in [2.75, 3.05) is 25.1 Å². The molecule has 1 fully saturated rings.